The molecular weight excluding hydrogens is 442 g/mol. The lowest BCUT2D eigenvalue weighted by atomic mass is 9.72. The number of aromatic nitrogens is 5. The van der Waals surface area contributed by atoms with Gasteiger partial charge in [0, 0.05) is 40.4 Å². The summed E-state index contributed by atoms with van der Waals surface area (Å²) in [6, 6.07) is 10.3. The number of aryl methyl sites for hydroxylation is 2. The number of hydrogen-bond acceptors (Lipinski definition) is 3. The number of rotatable bonds is 5. The lowest BCUT2D eigenvalue weighted by Crippen LogP contribution is -2.24. The van der Waals surface area contributed by atoms with E-state index in [0.717, 1.165) is 33.5 Å². The summed E-state index contributed by atoms with van der Waals surface area (Å²) in [4.78, 5) is 16.5. The molecule has 1 aromatic carbocycles. The van der Waals surface area contributed by atoms with E-state index >= 15 is 0 Å². The van der Waals surface area contributed by atoms with Crippen LogP contribution in [-0.4, -0.2) is 24.3 Å². The van der Waals surface area contributed by atoms with Crippen molar-refractivity contribution in [2.75, 3.05) is 0 Å². The fourth-order valence-corrected chi connectivity index (χ4v) is 4.98. The van der Waals surface area contributed by atoms with Crippen LogP contribution in [-0.2, 0) is 13.5 Å². The second-order valence-electron chi connectivity index (χ2n) is 8.15. The fraction of sp³-hybridized carbons (Fsp3) is 0.348. The summed E-state index contributed by atoms with van der Waals surface area (Å²) >= 11 is 3.65. The van der Waals surface area contributed by atoms with Gasteiger partial charge in [-0.05, 0) is 64.9 Å². The molecule has 1 N–H and O–H groups in total. The van der Waals surface area contributed by atoms with Crippen molar-refractivity contribution in [3.8, 4) is 5.69 Å². The molecule has 0 amide bonds. The van der Waals surface area contributed by atoms with Gasteiger partial charge in [-0.15, -0.1) is 10.2 Å². The minimum absolute atomic E-state index is 0.0381. The predicted molar refractivity (Wildman–Crippen MR) is 121 cm³/mol. The Labute approximate surface area is 183 Å². The summed E-state index contributed by atoms with van der Waals surface area (Å²) in [5.74, 6) is 1.73. The number of nitrogens with one attached hydrogen (secondary N) is 1. The van der Waals surface area contributed by atoms with E-state index < -0.39 is 0 Å². The van der Waals surface area contributed by atoms with Gasteiger partial charge in [-0.2, -0.15) is 0 Å². The summed E-state index contributed by atoms with van der Waals surface area (Å²) in [7, 11) is 2.00. The molecule has 0 unspecified atom stereocenters. The molecule has 0 radical (unpaired) electrons. The molecule has 3 aromatic heterocycles. The maximum atomic E-state index is 13.3. The Kier molecular flexibility index (Phi) is 4.85. The number of benzene rings is 1. The van der Waals surface area contributed by atoms with Gasteiger partial charge in [0.1, 0.15) is 17.7 Å². The Morgan fingerprint density at radius 3 is 2.80 bits per heavy atom. The van der Waals surface area contributed by atoms with Gasteiger partial charge in [0.25, 0.3) is 5.56 Å². The molecule has 5 rings (SSSR count). The van der Waals surface area contributed by atoms with E-state index in [1.807, 2.05) is 36.0 Å². The zero-order valence-electron chi connectivity index (χ0n) is 17.1. The zero-order valence-corrected chi connectivity index (χ0v) is 18.7. The second kappa shape index (κ2) is 7.54. The Bertz CT molecular complexity index is 1280. The van der Waals surface area contributed by atoms with Crippen molar-refractivity contribution >= 4 is 26.8 Å². The summed E-state index contributed by atoms with van der Waals surface area (Å²) in [5.41, 5.74) is 3.69. The Morgan fingerprint density at radius 1 is 1.30 bits per heavy atom. The van der Waals surface area contributed by atoms with Crippen LogP contribution in [0.3, 0.4) is 0 Å². The molecule has 3 heterocycles. The third-order valence-corrected chi connectivity index (χ3v) is 6.97. The molecule has 154 valence electrons. The maximum Gasteiger partial charge on any atom is 0.279 e. The van der Waals surface area contributed by atoms with Crippen LogP contribution in [0.2, 0.25) is 0 Å². The van der Waals surface area contributed by atoms with Crippen LogP contribution < -0.4 is 5.56 Å². The highest BCUT2D eigenvalue weighted by atomic mass is 79.9. The topological polar surface area (TPSA) is 68.5 Å². The van der Waals surface area contributed by atoms with Crippen molar-refractivity contribution in [2.45, 2.75) is 38.5 Å². The number of H-pyrrole nitrogens is 1. The monoisotopic (exact) mass is 465 g/mol. The maximum absolute atomic E-state index is 13.3. The Balaban J connectivity index is 1.64. The lowest BCUT2D eigenvalue weighted by molar-refractivity contribution is 0.274. The van der Waals surface area contributed by atoms with Crippen molar-refractivity contribution in [3.05, 3.63) is 74.8 Å². The molecule has 1 aliphatic rings. The molecule has 1 saturated carbocycles. The van der Waals surface area contributed by atoms with Crippen LogP contribution in [0.4, 0.5) is 0 Å². The van der Waals surface area contributed by atoms with Gasteiger partial charge in [0.05, 0.1) is 0 Å². The summed E-state index contributed by atoms with van der Waals surface area (Å²) in [6.07, 6.45) is 8.14. The fourth-order valence-electron chi connectivity index (χ4n) is 4.46. The molecular formula is C23H24BrN5O. The SMILES string of the molecule is CCc1cc2c(Br)cn(-c3cccc([C@H](c4nncn4C)C4CCC4)c3)c(=O)c2[nH]1. The standard InChI is InChI=1S/C23H24BrN5O/c1-3-16-11-18-19(24)12-29(23(30)21(18)26-16)17-9-5-8-15(10-17)20(14-6-4-7-14)22-27-25-13-28(22)2/h5,8-14,20,26H,3-4,6-7H2,1-2H3/t20-/m1/s1. The van der Waals surface area contributed by atoms with Crippen LogP contribution >= 0.6 is 15.9 Å². The first-order valence-corrected chi connectivity index (χ1v) is 11.2. The van der Waals surface area contributed by atoms with Crippen LogP contribution in [0.1, 0.15) is 49.2 Å². The third kappa shape index (κ3) is 3.12. The van der Waals surface area contributed by atoms with Crippen molar-refractivity contribution in [1.82, 2.24) is 24.3 Å². The van der Waals surface area contributed by atoms with Gasteiger partial charge in [-0.25, -0.2) is 0 Å². The highest BCUT2D eigenvalue weighted by Gasteiger charge is 2.33. The number of fused-ring (bicyclic) bond motifs is 1. The van der Waals surface area contributed by atoms with E-state index in [1.54, 1.807) is 10.9 Å². The van der Waals surface area contributed by atoms with E-state index in [4.69, 9.17) is 0 Å². The Morgan fingerprint density at radius 2 is 2.13 bits per heavy atom. The molecule has 6 nitrogen and oxygen atoms in total. The van der Waals surface area contributed by atoms with E-state index in [1.165, 1.54) is 24.8 Å². The number of pyridine rings is 1. The van der Waals surface area contributed by atoms with Crippen molar-refractivity contribution in [2.24, 2.45) is 13.0 Å². The van der Waals surface area contributed by atoms with Crippen LogP contribution in [0.25, 0.3) is 16.6 Å². The summed E-state index contributed by atoms with van der Waals surface area (Å²) in [6.45, 7) is 2.08. The highest BCUT2D eigenvalue weighted by Crippen LogP contribution is 2.42. The lowest BCUT2D eigenvalue weighted by Gasteiger charge is -2.33. The first kappa shape index (κ1) is 19.3. The molecule has 0 bridgehead atoms. The van der Waals surface area contributed by atoms with E-state index in [0.29, 0.717) is 11.4 Å². The van der Waals surface area contributed by atoms with Gasteiger partial charge in [-0.1, -0.05) is 25.5 Å². The molecule has 0 aliphatic heterocycles. The van der Waals surface area contributed by atoms with Gasteiger partial charge in [-0.3, -0.25) is 9.36 Å². The normalized spacial score (nSPS) is 15.4. The first-order chi connectivity index (χ1) is 14.6. The predicted octanol–water partition coefficient (Wildman–Crippen LogP) is 4.70. The average Bonchev–Trinajstić information content (AvgIpc) is 3.34. The van der Waals surface area contributed by atoms with Crippen molar-refractivity contribution in [1.29, 1.82) is 0 Å². The minimum atomic E-state index is -0.0381. The first-order valence-electron chi connectivity index (χ1n) is 10.4. The highest BCUT2D eigenvalue weighted by molar-refractivity contribution is 9.10. The largest absolute Gasteiger partial charge is 0.354 e. The molecule has 0 saturated heterocycles. The molecule has 0 spiro atoms. The summed E-state index contributed by atoms with van der Waals surface area (Å²) in [5, 5.41) is 9.45. The van der Waals surface area contributed by atoms with Gasteiger partial charge < -0.3 is 9.55 Å². The molecule has 4 aromatic rings. The quantitative estimate of drug-likeness (QED) is 0.464. The van der Waals surface area contributed by atoms with Crippen LogP contribution in [0.15, 0.2) is 52.1 Å². The zero-order chi connectivity index (χ0) is 20.8. The van der Waals surface area contributed by atoms with E-state index in [2.05, 4.69) is 50.2 Å². The molecule has 30 heavy (non-hydrogen) atoms. The number of halogens is 1. The van der Waals surface area contributed by atoms with Gasteiger partial charge in [0.2, 0.25) is 0 Å². The minimum Gasteiger partial charge on any atom is -0.354 e. The molecule has 1 aliphatic carbocycles. The number of hydrogen-bond donors (Lipinski definition) is 1. The summed E-state index contributed by atoms with van der Waals surface area (Å²) < 4.78 is 4.64. The van der Waals surface area contributed by atoms with Crippen molar-refractivity contribution < 1.29 is 0 Å². The molecule has 1 atom stereocenters. The van der Waals surface area contributed by atoms with Gasteiger partial charge in [0.15, 0.2) is 0 Å². The smallest absolute Gasteiger partial charge is 0.279 e. The third-order valence-electron chi connectivity index (χ3n) is 6.34. The van der Waals surface area contributed by atoms with Crippen LogP contribution in [0.5, 0.6) is 0 Å². The van der Waals surface area contributed by atoms with E-state index in [-0.39, 0.29) is 11.5 Å². The average molecular weight is 466 g/mol. The second-order valence-corrected chi connectivity index (χ2v) is 9.01. The molecule has 7 heteroatoms. The number of nitrogens with zero attached hydrogens (tertiary/aromatic N) is 4. The van der Waals surface area contributed by atoms with Crippen LogP contribution in [0, 0.1) is 5.92 Å². The molecule has 1 fully saturated rings. The van der Waals surface area contributed by atoms with Gasteiger partial charge >= 0.3 is 0 Å². The van der Waals surface area contributed by atoms with Crippen molar-refractivity contribution in [3.63, 3.8) is 0 Å². The van der Waals surface area contributed by atoms with E-state index in [9.17, 15) is 4.79 Å². The Hall–Kier alpha value is -2.67. The number of aromatic amines is 1.